The van der Waals surface area contributed by atoms with Crippen LogP contribution in [0.3, 0.4) is 0 Å². The van der Waals surface area contributed by atoms with Gasteiger partial charge in [-0.25, -0.2) is 0 Å². The van der Waals surface area contributed by atoms with E-state index in [4.69, 9.17) is 0 Å². The molecule has 1 nitrogen and oxygen atoms in total. The Bertz CT molecular complexity index is 275. The average molecular weight is 164 g/mol. The fourth-order valence-corrected chi connectivity index (χ4v) is 4.27. The van der Waals surface area contributed by atoms with Gasteiger partial charge in [0.25, 0.3) is 0 Å². The molecule has 1 heteroatoms. The van der Waals surface area contributed by atoms with Gasteiger partial charge in [-0.15, -0.1) is 0 Å². The van der Waals surface area contributed by atoms with Crippen LogP contribution in [-0.4, -0.2) is 5.78 Å². The topological polar surface area (TPSA) is 17.1 Å². The summed E-state index contributed by atoms with van der Waals surface area (Å²) >= 11 is 0. The van der Waals surface area contributed by atoms with E-state index in [2.05, 4.69) is 13.8 Å². The molecule has 0 saturated heterocycles. The van der Waals surface area contributed by atoms with Crippen molar-refractivity contribution < 1.29 is 4.79 Å². The van der Waals surface area contributed by atoms with Crippen molar-refractivity contribution in [2.24, 2.45) is 16.2 Å². The number of rotatable bonds is 0. The van der Waals surface area contributed by atoms with Gasteiger partial charge in [-0.1, -0.05) is 20.3 Å². The summed E-state index contributed by atoms with van der Waals surface area (Å²) in [6.07, 6.45) is 6.26. The molecular weight excluding hydrogens is 148 g/mol. The normalized spacial score (nSPS) is 53.7. The Morgan fingerprint density at radius 3 is 2.58 bits per heavy atom. The van der Waals surface area contributed by atoms with Crippen LogP contribution >= 0.6 is 0 Å². The molecule has 12 heavy (non-hydrogen) atoms. The van der Waals surface area contributed by atoms with Crippen LogP contribution in [0.4, 0.5) is 0 Å². The van der Waals surface area contributed by atoms with Gasteiger partial charge in [0.2, 0.25) is 0 Å². The summed E-state index contributed by atoms with van der Waals surface area (Å²) in [6.45, 7) is 4.27. The summed E-state index contributed by atoms with van der Waals surface area (Å²) in [5, 5.41) is 0. The van der Waals surface area contributed by atoms with E-state index in [1.807, 2.05) is 0 Å². The summed E-state index contributed by atoms with van der Waals surface area (Å²) in [7, 11) is 0. The molecule has 0 N–H and O–H groups in total. The zero-order valence-corrected chi connectivity index (χ0v) is 7.94. The van der Waals surface area contributed by atoms with Crippen molar-refractivity contribution in [1.29, 1.82) is 0 Å². The summed E-state index contributed by atoms with van der Waals surface area (Å²) < 4.78 is 0. The molecule has 0 radical (unpaired) electrons. The van der Waals surface area contributed by atoms with Gasteiger partial charge < -0.3 is 0 Å². The van der Waals surface area contributed by atoms with Crippen molar-refractivity contribution in [3.8, 4) is 0 Å². The molecule has 3 fully saturated rings. The van der Waals surface area contributed by atoms with E-state index in [1.54, 1.807) is 0 Å². The molecule has 3 aliphatic carbocycles. The van der Waals surface area contributed by atoms with E-state index in [1.165, 1.54) is 32.1 Å². The fraction of sp³-hybridized carbons (Fsp3) is 0.909. The van der Waals surface area contributed by atoms with Gasteiger partial charge in [0, 0.05) is 10.8 Å². The van der Waals surface area contributed by atoms with E-state index < -0.39 is 0 Å². The average Bonchev–Trinajstić information content (AvgIpc) is 2.40. The molecule has 0 aromatic carbocycles. The molecule has 3 rings (SSSR count). The molecule has 0 aromatic heterocycles. The first-order chi connectivity index (χ1) is 5.53. The van der Waals surface area contributed by atoms with Crippen LogP contribution in [0.5, 0.6) is 0 Å². The fourth-order valence-electron chi connectivity index (χ4n) is 4.27. The number of hydrogen-bond acceptors (Lipinski definition) is 1. The third kappa shape index (κ3) is 0.486. The summed E-state index contributed by atoms with van der Waals surface area (Å²) in [4.78, 5) is 12.1. The number of Topliss-reactive ketones (excluding diaryl/α,β-unsaturated/α-hetero) is 1. The first kappa shape index (κ1) is 7.11. The van der Waals surface area contributed by atoms with Crippen molar-refractivity contribution in [3.63, 3.8) is 0 Å². The Hall–Kier alpha value is -0.330. The standard InChI is InChI=1S/C11H16O/c1-9(2)6-10-4-3-5-11(10,7-10)8(9)12/h3-7H2,1-2H3. The van der Waals surface area contributed by atoms with E-state index >= 15 is 0 Å². The molecule has 3 aliphatic rings. The highest BCUT2D eigenvalue weighted by atomic mass is 16.1. The zero-order valence-electron chi connectivity index (χ0n) is 7.94. The Balaban J connectivity index is 2.09. The highest BCUT2D eigenvalue weighted by molar-refractivity contribution is 5.97. The van der Waals surface area contributed by atoms with Crippen LogP contribution in [0.1, 0.15) is 46.0 Å². The third-order valence-electron chi connectivity index (χ3n) is 4.62. The van der Waals surface area contributed by atoms with E-state index in [9.17, 15) is 4.79 Å². The second-order valence-corrected chi connectivity index (χ2v) is 5.78. The van der Waals surface area contributed by atoms with Gasteiger partial charge in [0.1, 0.15) is 5.78 Å². The molecule has 0 bridgehead atoms. The SMILES string of the molecule is CC1(C)CC23CCCC2(C3)C1=O. The van der Waals surface area contributed by atoms with Gasteiger partial charge in [0.15, 0.2) is 0 Å². The number of carbonyl (C=O) groups excluding carboxylic acids is 1. The maximum atomic E-state index is 12.1. The van der Waals surface area contributed by atoms with Crippen molar-refractivity contribution in [3.05, 3.63) is 0 Å². The monoisotopic (exact) mass is 164 g/mol. The molecule has 0 heterocycles. The number of ketones is 1. The van der Waals surface area contributed by atoms with E-state index in [-0.39, 0.29) is 10.8 Å². The van der Waals surface area contributed by atoms with Gasteiger partial charge in [-0.05, 0) is 31.1 Å². The molecule has 66 valence electrons. The van der Waals surface area contributed by atoms with Crippen molar-refractivity contribution in [1.82, 2.24) is 0 Å². The maximum Gasteiger partial charge on any atom is 0.145 e. The second kappa shape index (κ2) is 1.51. The van der Waals surface area contributed by atoms with Crippen LogP contribution < -0.4 is 0 Å². The Morgan fingerprint density at radius 2 is 1.92 bits per heavy atom. The van der Waals surface area contributed by atoms with Crippen molar-refractivity contribution in [2.45, 2.75) is 46.0 Å². The first-order valence-corrected chi connectivity index (χ1v) is 5.08. The van der Waals surface area contributed by atoms with Gasteiger partial charge in [0.05, 0.1) is 0 Å². The van der Waals surface area contributed by atoms with Gasteiger partial charge >= 0.3 is 0 Å². The largest absolute Gasteiger partial charge is 0.298 e. The minimum atomic E-state index is 0.0126. The lowest BCUT2D eigenvalue weighted by molar-refractivity contribution is -0.130. The smallest absolute Gasteiger partial charge is 0.145 e. The summed E-state index contributed by atoms with van der Waals surface area (Å²) in [5.74, 6) is 0.590. The molecule has 0 aromatic rings. The lowest BCUT2D eigenvalue weighted by Crippen LogP contribution is -2.26. The predicted octanol–water partition coefficient (Wildman–Crippen LogP) is 2.55. The lowest BCUT2D eigenvalue weighted by Gasteiger charge is -2.23. The number of carbonyl (C=O) groups is 1. The lowest BCUT2D eigenvalue weighted by atomic mass is 9.80. The van der Waals surface area contributed by atoms with Crippen LogP contribution in [0.15, 0.2) is 0 Å². The van der Waals surface area contributed by atoms with E-state index in [0.717, 1.165) is 0 Å². The minimum Gasteiger partial charge on any atom is -0.298 e. The highest BCUT2D eigenvalue weighted by Gasteiger charge is 2.79. The quantitative estimate of drug-likeness (QED) is 0.537. The summed E-state index contributed by atoms with van der Waals surface area (Å²) in [6, 6.07) is 0. The highest BCUT2D eigenvalue weighted by Crippen LogP contribution is 2.82. The molecule has 0 spiro atoms. The Morgan fingerprint density at radius 1 is 1.17 bits per heavy atom. The molecule has 0 amide bonds. The third-order valence-corrected chi connectivity index (χ3v) is 4.62. The Labute approximate surface area is 73.5 Å². The number of hydrogen-bond donors (Lipinski definition) is 0. The molecular formula is C11H16O. The van der Waals surface area contributed by atoms with Crippen molar-refractivity contribution >= 4 is 5.78 Å². The second-order valence-electron chi connectivity index (χ2n) is 5.78. The molecule has 0 aliphatic heterocycles. The van der Waals surface area contributed by atoms with E-state index in [0.29, 0.717) is 11.2 Å². The van der Waals surface area contributed by atoms with Crippen LogP contribution in [0.25, 0.3) is 0 Å². The molecule has 3 saturated carbocycles. The maximum absolute atomic E-state index is 12.1. The van der Waals surface area contributed by atoms with Crippen molar-refractivity contribution in [2.75, 3.05) is 0 Å². The minimum absolute atomic E-state index is 0.0126. The predicted molar refractivity (Wildman–Crippen MR) is 46.7 cm³/mol. The van der Waals surface area contributed by atoms with Gasteiger partial charge in [-0.2, -0.15) is 0 Å². The van der Waals surface area contributed by atoms with Crippen LogP contribution in [0.2, 0.25) is 0 Å². The Kier molecular flexibility index (Phi) is 0.897. The molecule has 2 unspecified atom stereocenters. The zero-order chi connectivity index (χ0) is 8.61. The summed E-state index contributed by atoms with van der Waals surface area (Å²) in [5.41, 5.74) is 0.725. The van der Waals surface area contributed by atoms with Gasteiger partial charge in [-0.3, -0.25) is 4.79 Å². The first-order valence-electron chi connectivity index (χ1n) is 5.08. The van der Waals surface area contributed by atoms with Crippen LogP contribution in [-0.2, 0) is 4.79 Å². The molecule has 2 atom stereocenters. The van der Waals surface area contributed by atoms with Crippen LogP contribution in [0, 0.1) is 16.2 Å².